The highest BCUT2D eigenvalue weighted by Crippen LogP contribution is 2.33. The monoisotopic (exact) mass is 466 g/mol. The van der Waals surface area contributed by atoms with Gasteiger partial charge in [-0.1, -0.05) is 50.7 Å². The Bertz CT molecular complexity index is 763. The number of amides is 1. The molecule has 2 N–H and O–H groups in total. The molecule has 0 bridgehead atoms. The first-order valence-corrected chi connectivity index (χ1v) is 9.78. The van der Waals surface area contributed by atoms with Gasteiger partial charge in [-0.25, -0.2) is 0 Å². The molecule has 0 atom stereocenters. The lowest BCUT2D eigenvalue weighted by Gasteiger charge is -2.13. The molecule has 0 saturated heterocycles. The fourth-order valence-corrected chi connectivity index (χ4v) is 4.16. The van der Waals surface area contributed by atoms with Crippen LogP contribution in [-0.4, -0.2) is 11.7 Å². The molecule has 0 aliphatic heterocycles. The zero-order valence-electron chi connectivity index (χ0n) is 12.8. The van der Waals surface area contributed by atoms with Gasteiger partial charge in [0.2, 0.25) is 5.91 Å². The smallest absolute Gasteiger partial charge is 0.248 e. The first kappa shape index (κ1) is 19.7. The largest absolute Gasteiger partial charge is 0.296 e. The highest BCUT2D eigenvalue weighted by molar-refractivity contribution is 9.10. The Kier molecular flexibility index (Phi) is 7.13. The van der Waals surface area contributed by atoms with Gasteiger partial charge < -0.3 is 0 Å². The molecule has 0 aromatic heterocycles. The first-order chi connectivity index (χ1) is 11.3. The van der Waals surface area contributed by atoms with E-state index in [4.69, 9.17) is 34.8 Å². The van der Waals surface area contributed by atoms with E-state index >= 15 is 0 Å². The molecule has 0 aliphatic rings. The Morgan fingerprint density at radius 1 is 1.08 bits per heavy atom. The van der Waals surface area contributed by atoms with Crippen LogP contribution in [0.15, 0.2) is 33.6 Å². The molecule has 2 aromatic rings. The Hall–Kier alpha value is -0.590. The molecule has 2 rings (SSSR count). The Morgan fingerprint density at radius 3 is 2.33 bits per heavy atom. The lowest BCUT2D eigenvalue weighted by atomic mass is 10.2. The fraction of sp³-hybridized carbons (Fsp3) is 0.188. The van der Waals surface area contributed by atoms with E-state index < -0.39 is 0 Å². The molecule has 0 fully saturated rings. The normalized spacial score (nSPS) is 10.6. The van der Waals surface area contributed by atoms with Gasteiger partial charge >= 0.3 is 0 Å². The van der Waals surface area contributed by atoms with Gasteiger partial charge in [-0.3, -0.25) is 15.6 Å². The van der Waals surface area contributed by atoms with Crippen molar-refractivity contribution in [2.24, 2.45) is 0 Å². The van der Waals surface area contributed by atoms with Crippen molar-refractivity contribution in [2.75, 3.05) is 11.2 Å². The Morgan fingerprint density at radius 2 is 1.71 bits per heavy atom. The van der Waals surface area contributed by atoms with Crippen LogP contribution in [0.5, 0.6) is 0 Å². The van der Waals surface area contributed by atoms with Crippen molar-refractivity contribution in [2.45, 2.75) is 18.7 Å². The van der Waals surface area contributed by atoms with Crippen LogP contribution in [-0.2, 0) is 4.79 Å². The van der Waals surface area contributed by atoms with E-state index in [1.165, 1.54) is 11.8 Å². The Labute approximate surface area is 168 Å². The van der Waals surface area contributed by atoms with Crippen molar-refractivity contribution in [3.63, 3.8) is 0 Å². The fourth-order valence-electron chi connectivity index (χ4n) is 1.88. The number of halogens is 4. The molecule has 0 aliphatic carbocycles. The van der Waals surface area contributed by atoms with Crippen LogP contribution >= 0.6 is 62.5 Å². The third kappa shape index (κ3) is 5.20. The summed E-state index contributed by atoms with van der Waals surface area (Å²) in [7, 11) is 0. The van der Waals surface area contributed by atoms with E-state index in [0.29, 0.717) is 20.8 Å². The second-order valence-electron chi connectivity index (χ2n) is 5.07. The van der Waals surface area contributed by atoms with Crippen LogP contribution in [0.3, 0.4) is 0 Å². The average Bonchev–Trinajstić information content (AvgIpc) is 2.48. The van der Waals surface area contributed by atoms with Crippen molar-refractivity contribution in [3.8, 4) is 0 Å². The number of hydrogen-bond acceptors (Lipinski definition) is 3. The molecule has 0 unspecified atom stereocenters. The molecule has 8 heteroatoms. The lowest BCUT2D eigenvalue weighted by Crippen LogP contribution is -2.31. The molecule has 0 spiro atoms. The maximum Gasteiger partial charge on any atom is 0.248 e. The van der Waals surface area contributed by atoms with E-state index in [1.54, 1.807) is 12.1 Å². The van der Waals surface area contributed by atoms with Gasteiger partial charge in [0, 0.05) is 14.4 Å². The van der Waals surface area contributed by atoms with Crippen LogP contribution in [0.2, 0.25) is 15.1 Å². The lowest BCUT2D eigenvalue weighted by molar-refractivity contribution is -0.118. The summed E-state index contributed by atoms with van der Waals surface area (Å²) in [5.41, 5.74) is 7.97. The van der Waals surface area contributed by atoms with E-state index in [-0.39, 0.29) is 11.7 Å². The average molecular weight is 469 g/mol. The van der Waals surface area contributed by atoms with Gasteiger partial charge in [-0.2, -0.15) is 0 Å². The number of hydrogen-bond donors (Lipinski definition) is 2. The van der Waals surface area contributed by atoms with Crippen molar-refractivity contribution in [3.05, 3.63) is 54.9 Å². The first-order valence-electron chi connectivity index (χ1n) is 6.87. The van der Waals surface area contributed by atoms with E-state index in [9.17, 15) is 4.79 Å². The summed E-state index contributed by atoms with van der Waals surface area (Å²) in [5.74, 6) is 0.0691. The second kappa shape index (κ2) is 8.68. The summed E-state index contributed by atoms with van der Waals surface area (Å²) in [6.07, 6.45) is 0. The van der Waals surface area contributed by atoms with E-state index in [0.717, 1.165) is 20.5 Å². The number of anilines is 1. The summed E-state index contributed by atoms with van der Waals surface area (Å²) in [5, 5.41) is 1.10. The molecule has 128 valence electrons. The number of rotatable bonds is 5. The number of carbonyl (C=O) groups excluding carboxylic acids is 1. The van der Waals surface area contributed by atoms with Crippen molar-refractivity contribution in [1.82, 2.24) is 5.43 Å². The van der Waals surface area contributed by atoms with Crippen molar-refractivity contribution in [1.29, 1.82) is 0 Å². The number of nitrogens with one attached hydrogen (secondary N) is 2. The van der Waals surface area contributed by atoms with Crippen molar-refractivity contribution < 1.29 is 4.79 Å². The van der Waals surface area contributed by atoms with Gasteiger partial charge in [0.1, 0.15) is 0 Å². The topological polar surface area (TPSA) is 41.1 Å². The molecule has 24 heavy (non-hydrogen) atoms. The molecular weight excluding hydrogens is 455 g/mol. The number of aryl methyl sites for hydroxylation is 2. The molecule has 0 saturated carbocycles. The van der Waals surface area contributed by atoms with Crippen LogP contribution in [0.25, 0.3) is 0 Å². The predicted molar refractivity (Wildman–Crippen MR) is 108 cm³/mol. The molecule has 0 radical (unpaired) electrons. The standard InChI is InChI=1S/C16H14BrCl3N2OS/c1-8-4-14(9(2)3-11(8)17)24-7-15(23)21-22-16-12(19)5-10(18)6-13(16)20/h3-6,22H,7H2,1-2H3,(H,21,23). The third-order valence-corrected chi connectivity index (χ3v) is 5.97. The summed E-state index contributed by atoms with van der Waals surface area (Å²) in [4.78, 5) is 13.1. The van der Waals surface area contributed by atoms with E-state index in [2.05, 4.69) is 32.8 Å². The molecular formula is C16H14BrCl3N2OS. The summed E-state index contributed by atoms with van der Waals surface area (Å²) in [6.45, 7) is 4.02. The van der Waals surface area contributed by atoms with E-state index in [1.807, 2.05) is 19.9 Å². The summed E-state index contributed by atoms with van der Waals surface area (Å²) < 4.78 is 1.06. The maximum atomic E-state index is 12.0. The Balaban J connectivity index is 1.94. The van der Waals surface area contributed by atoms with Gasteiger partial charge in [0.25, 0.3) is 0 Å². The number of hydrazine groups is 1. The minimum absolute atomic E-state index is 0.193. The third-order valence-electron chi connectivity index (χ3n) is 3.15. The molecule has 1 amide bonds. The SMILES string of the molecule is Cc1cc(SCC(=O)NNc2c(Cl)cc(Cl)cc2Cl)c(C)cc1Br. The minimum atomic E-state index is -0.193. The number of thioether (sulfide) groups is 1. The van der Waals surface area contributed by atoms with Gasteiger partial charge in [0.15, 0.2) is 0 Å². The van der Waals surface area contributed by atoms with Crippen LogP contribution in [0.4, 0.5) is 5.69 Å². The van der Waals surface area contributed by atoms with Crippen LogP contribution in [0, 0.1) is 13.8 Å². The molecule has 3 nitrogen and oxygen atoms in total. The van der Waals surface area contributed by atoms with Crippen molar-refractivity contribution >= 4 is 74.1 Å². The summed E-state index contributed by atoms with van der Waals surface area (Å²) >= 11 is 22.9. The maximum absolute atomic E-state index is 12.0. The number of benzene rings is 2. The van der Waals surface area contributed by atoms with Gasteiger partial charge in [-0.15, -0.1) is 11.8 Å². The number of carbonyl (C=O) groups is 1. The zero-order chi connectivity index (χ0) is 17.9. The van der Waals surface area contributed by atoms with Gasteiger partial charge in [-0.05, 0) is 49.2 Å². The highest BCUT2D eigenvalue weighted by Gasteiger charge is 2.10. The highest BCUT2D eigenvalue weighted by atomic mass is 79.9. The van der Waals surface area contributed by atoms with Crippen LogP contribution in [0.1, 0.15) is 11.1 Å². The molecule has 0 heterocycles. The quantitative estimate of drug-likeness (QED) is 0.402. The second-order valence-corrected chi connectivity index (χ2v) is 8.20. The van der Waals surface area contributed by atoms with Gasteiger partial charge in [0.05, 0.1) is 21.5 Å². The zero-order valence-corrected chi connectivity index (χ0v) is 17.5. The predicted octanol–water partition coefficient (Wildman–Crippen LogP) is 6.26. The van der Waals surface area contributed by atoms with Crippen LogP contribution < -0.4 is 10.9 Å². The minimum Gasteiger partial charge on any atom is -0.296 e. The molecule has 2 aromatic carbocycles. The summed E-state index contributed by atoms with van der Waals surface area (Å²) in [6, 6.07) is 7.19.